The molecule has 3 nitrogen and oxygen atoms in total. The largest absolute Gasteiger partial charge is 0.351 e. The van der Waals surface area contributed by atoms with Crippen molar-refractivity contribution in [3.8, 4) is 0 Å². The van der Waals surface area contributed by atoms with Crippen LogP contribution in [0.4, 0.5) is 4.79 Å². The van der Waals surface area contributed by atoms with Crippen LogP contribution in [-0.2, 0) is 0 Å². The molecule has 0 aliphatic rings. The molecule has 0 atom stereocenters. The lowest BCUT2D eigenvalue weighted by atomic mass is 10.0. The van der Waals surface area contributed by atoms with E-state index >= 15 is 0 Å². The molecule has 0 saturated carbocycles. The van der Waals surface area contributed by atoms with Gasteiger partial charge in [-0.15, -0.1) is 0 Å². The summed E-state index contributed by atoms with van der Waals surface area (Å²) < 4.78 is 1.30. The van der Waals surface area contributed by atoms with Crippen LogP contribution in [-0.4, -0.2) is 16.9 Å². The van der Waals surface area contributed by atoms with Crippen LogP contribution in [0.3, 0.4) is 0 Å². The first-order valence-corrected chi connectivity index (χ1v) is 10.3. The molecular formula is C19H40N2OS. The number of urea groups is 1. The standard InChI is InChI=1S/C19H40N2OS/c1-2-3-4-5-6-7-8-9-10-11-12-13-14-15-16-17-18-21(23)19(20)22/h23H,2-18H2,1H3,(H2,20,22). The highest BCUT2D eigenvalue weighted by Gasteiger charge is 2.02. The lowest BCUT2D eigenvalue weighted by Crippen LogP contribution is -2.28. The minimum absolute atomic E-state index is 0.450. The number of rotatable bonds is 17. The van der Waals surface area contributed by atoms with Gasteiger partial charge in [0, 0.05) is 6.54 Å². The van der Waals surface area contributed by atoms with Crippen LogP contribution >= 0.6 is 12.8 Å². The number of unbranched alkanes of at least 4 members (excludes halogenated alkanes) is 15. The Balaban J connectivity index is 3.04. The van der Waals surface area contributed by atoms with Crippen molar-refractivity contribution >= 4 is 18.8 Å². The molecule has 0 rings (SSSR count). The van der Waals surface area contributed by atoms with Crippen LogP contribution in [0, 0.1) is 0 Å². The number of hydrogen-bond donors (Lipinski definition) is 2. The molecule has 0 aromatic heterocycles. The Labute approximate surface area is 150 Å². The summed E-state index contributed by atoms with van der Waals surface area (Å²) in [7, 11) is 0. The Morgan fingerprint density at radius 1 is 0.696 bits per heavy atom. The number of thiol groups is 1. The maximum Gasteiger partial charge on any atom is 0.324 e. The average Bonchev–Trinajstić information content (AvgIpc) is 2.54. The van der Waals surface area contributed by atoms with Gasteiger partial charge in [0.1, 0.15) is 0 Å². The predicted octanol–water partition coefficient (Wildman–Crippen LogP) is 6.47. The lowest BCUT2D eigenvalue weighted by Gasteiger charge is -2.11. The molecule has 0 heterocycles. The first kappa shape index (κ1) is 22.6. The summed E-state index contributed by atoms with van der Waals surface area (Å²) in [5.41, 5.74) is 5.11. The summed E-state index contributed by atoms with van der Waals surface area (Å²) in [6.45, 7) is 2.94. The van der Waals surface area contributed by atoms with Gasteiger partial charge in [0.2, 0.25) is 0 Å². The zero-order valence-corrected chi connectivity index (χ0v) is 16.3. The molecule has 0 aliphatic carbocycles. The zero-order valence-electron chi connectivity index (χ0n) is 15.4. The normalized spacial score (nSPS) is 10.9. The van der Waals surface area contributed by atoms with Crippen molar-refractivity contribution in [1.29, 1.82) is 0 Å². The second-order valence-corrected chi connectivity index (χ2v) is 7.25. The van der Waals surface area contributed by atoms with Crippen molar-refractivity contribution in [1.82, 2.24) is 4.31 Å². The topological polar surface area (TPSA) is 46.3 Å². The van der Waals surface area contributed by atoms with Gasteiger partial charge >= 0.3 is 6.03 Å². The van der Waals surface area contributed by atoms with E-state index in [-0.39, 0.29) is 0 Å². The molecule has 0 bridgehead atoms. The molecule has 2 N–H and O–H groups in total. The monoisotopic (exact) mass is 344 g/mol. The minimum Gasteiger partial charge on any atom is -0.351 e. The highest BCUT2D eigenvalue weighted by Crippen LogP contribution is 2.13. The third-order valence-electron chi connectivity index (χ3n) is 4.48. The van der Waals surface area contributed by atoms with Crippen LogP contribution in [0.5, 0.6) is 0 Å². The lowest BCUT2D eigenvalue weighted by molar-refractivity contribution is 0.234. The number of primary amides is 1. The van der Waals surface area contributed by atoms with Gasteiger partial charge in [-0.05, 0) is 6.42 Å². The molecule has 0 spiro atoms. The molecular weight excluding hydrogens is 304 g/mol. The van der Waals surface area contributed by atoms with Gasteiger partial charge in [-0.25, -0.2) is 4.79 Å². The zero-order chi connectivity index (χ0) is 17.2. The molecule has 0 aromatic rings. The molecule has 23 heavy (non-hydrogen) atoms. The Morgan fingerprint density at radius 2 is 1.00 bits per heavy atom. The molecule has 0 fully saturated rings. The molecule has 0 radical (unpaired) electrons. The van der Waals surface area contributed by atoms with E-state index in [0.29, 0.717) is 6.54 Å². The van der Waals surface area contributed by atoms with Crippen LogP contribution in [0.2, 0.25) is 0 Å². The van der Waals surface area contributed by atoms with Gasteiger partial charge in [-0.3, -0.25) is 4.31 Å². The number of amides is 2. The van der Waals surface area contributed by atoms with E-state index < -0.39 is 6.03 Å². The fraction of sp³-hybridized carbons (Fsp3) is 0.947. The SMILES string of the molecule is CCCCCCCCCCCCCCCCCCN(S)C(N)=O. The van der Waals surface area contributed by atoms with Crippen molar-refractivity contribution in [2.45, 2.75) is 110 Å². The Hall–Kier alpha value is -0.380. The second-order valence-electron chi connectivity index (χ2n) is 6.76. The summed E-state index contributed by atoms with van der Waals surface area (Å²) in [5.74, 6) is 0. The summed E-state index contributed by atoms with van der Waals surface area (Å²) in [6.07, 6.45) is 21.7. The van der Waals surface area contributed by atoms with Crippen LogP contribution in [0.15, 0.2) is 0 Å². The highest BCUT2D eigenvalue weighted by atomic mass is 32.1. The third-order valence-corrected chi connectivity index (χ3v) is 4.87. The van der Waals surface area contributed by atoms with Gasteiger partial charge in [-0.1, -0.05) is 116 Å². The van der Waals surface area contributed by atoms with Crippen LogP contribution in [0.1, 0.15) is 110 Å². The summed E-state index contributed by atoms with van der Waals surface area (Å²) in [6, 6.07) is -0.450. The quantitative estimate of drug-likeness (QED) is 0.230. The van der Waals surface area contributed by atoms with E-state index in [0.717, 1.165) is 6.42 Å². The maximum atomic E-state index is 10.8. The third kappa shape index (κ3) is 17.8. The molecule has 0 aliphatic heterocycles. The average molecular weight is 345 g/mol. The summed E-state index contributed by atoms with van der Waals surface area (Å²) in [4.78, 5) is 10.8. The van der Waals surface area contributed by atoms with E-state index in [2.05, 4.69) is 19.7 Å². The number of carbonyl (C=O) groups excluding carboxylic acids is 1. The van der Waals surface area contributed by atoms with Crippen molar-refractivity contribution in [2.75, 3.05) is 6.54 Å². The second kappa shape index (κ2) is 18.0. The maximum absolute atomic E-state index is 10.8. The van der Waals surface area contributed by atoms with E-state index in [9.17, 15) is 4.79 Å². The molecule has 138 valence electrons. The van der Waals surface area contributed by atoms with Gasteiger partial charge in [0.15, 0.2) is 0 Å². The van der Waals surface area contributed by atoms with E-state index in [1.807, 2.05) is 0 Å². The number of nitrogens with zero attached hydrogens (tertiary/aromatic N) is 1. The van der Waals surface area contributed by atoms with E-state index in [4.69, 9.17) is 5.73 Å². The van der Waals surface area contributed by atoms with Crippen molar-refractivity contribution in [3.05, 3.63) is 0 Å². The number of carbonyl (C=O) groups is 1. The van der Waals surface area contributed by atoms with Crippen molar-refractivity contribution in [2.24, 2.45) is 5.73 Å². The molecule has 0 aromatic carbocycles. The van der Waals surface area contributed by atoms with Gasteiger partial charge in [0.25, 0.3) is 0 Å². The van der Waals surface area contributed by atoms with Crippen LogP contribution in [0.25, 0.3) is 0 Å². The minimum atomic E-state index is -0.450. The Kier molecular flexibility index (Phi) is 17.7. The molecule has 4 heteroatoms. The van der Waals surface area contributed by atoms with Crippen LogP contribution < -0.4 is 5.73 Å². The first-order chi connectivity index (χ1) is 11.2. The predicted molar refractivity (Wildman–Crippen MR) is 105 cm³/mol. The van der Waals surface area contributed by atoms with E-state index in [1.54, 1.807) is 0 Å². The number of nitrogens with two attached hydrogens (primary N) is 1. The Morgan fingerprint density at radius 3 is 1.30 bits per heavy atom. The molecule has 2 amide bonds. The first-order valence-electron chi connectivity index (χ1n) is 9.94. The fourth-order valence-corrected chi connectivity index (χ4v) is 3.06. The summed E-state index contributed by atoms with van der Waals surface area (Å²) in [5, 5.41) is 0. The van der Waals surface area contributed by atoms with E-state index in [1.165, 1.54) is 101 Å². The Bertz CT molecular complexity index is 262. The highest BCUT2D eigenvalue weighted by molar-refractivity contribution is 7.78. The molecule has 0 saturated heterocycles. The van der Waals surface area contributed by atoms with Gasteiger partial charge in [0.05, 0.1) is 0 Å². The van der Waals surface area contributed by atoms with Crippen molar-refractivity contribution < 1.29 is 4.79 Å². The van der Waals surface area contributed by atoms with Crippen molar-refractivity contribution in [3.63, 3.8) is 0 Å². The summed E-state index contributed by atoms with van der Waals surface area (Å²) >= 11 is 4.01. The smallest absolute Gasteiger partial charge is 0.324 e. The number of hydrogen-bond acceptors (Lipinski definition) is 2. The molecule has 0 unspecified atom stereocenters. The van der Waals surface area contributed by atoms with Gasteiger partial charge < -0.3 is 5.73 Å². The van der Waals surface area contributed by atoms with Gasteiger partial charge in [-0.2, -0.15) is 0 Å². The fourth-order valence-electron chi connectivity index (χ4n) is 2.92.